The highest BCUT2D eigenvalue weighted by molar-refractivity contribution is 7.33. The monoisotopic (exact) mass is 352 g/mol. The van der Waals surface area contributed by atoms with Crippen LogP contribution in [0.3, 0.4) is 0 Å². The van der Waals surface area contributed by atoms with E-state index in [9.17, 15) is 4.57 Å². The Morgan fingerprint density at radius 2 is 1.30 bits per heavy atom. The predicted molar refractivity (Wildman–Crippen MR) is 95.0 cm³/mol. The number of aliphatic hydroxyl groups excluding tert-OH is 1. The summed E-state index contributed by atoms with van der Waals surface area (Å²) in [6.45, 7) is 10.1. The van der Waals surface area contributed by atoms with Gasteiger partial charge >= 0.3 is 8.25 Å². The van der Waals surface area contributed by atoms with Crippen LogP contribution in [-0.4, -0.2) is 29.7 Å². The van der Waals surface area contributed by atoms with E-state index in [1.807, 2.05) is 20.8 Å². The maximum atomic E-state index is 11.8. The minimum Gasteiger partial charge on any atom is -0.396 e. The van der Waals surface area contributed by atoms with Crippen molar-refractivity contribution in [3.8, 4) is 0 Å². The molecule has 0 aliphatic rings. The molecule has 0 aromatic rings. The third-order valence-corrected chi connectivity index (χ3v) is 4.25. The smallest absolute Gasteiger partial charge is 0.321 e. The van der Waals surface area contributed by atoms with Gasteiger partial charge in [-0.2, -0.15) is 0 Å². The van der Waals surface area contributed by atoms with Gasteiger partial charge in [-0.15, -0.1) is 0 Å². The molecule has 140 valence electrons. The Morgan fingerprint density at radius 1 is 0.826 bits per heavy atom. The second-order valence-corrected chi connectivity index (χ2v) is 8.36. The molecule has 0 aromatic carbocycles. The van der Waals surface area contributed by atoms with Crippen molar-refractivity contribution in [2.45, 2.75) is 97.4 Å². The van der Waals surface area contributed by atoms with E-state index in [1.165, 1.54) is 25.7 Å². The van der Waals surface area contributed by atoms with E-state index < -0.39 is 14.0 Å². The maximum Gasteiger partial charge on any atom is 0.321 e. The van der Waals surface area contributed by atoms with Gasteiger partial charge in [0.2, 0.25) is 0 Å². The summed E-state index contributed by atoms with van der Waals surface area (Å²) in [6, 6.07) is 0. The number of aliphatic hydroxyl groups is 1. The molecule has 0 aromatic heterocycles. The van der Waals surface area contributed by atoms with Crippen LogP contribution in [0.1, 0.15) is 86.0 Å². The Labute approximate surface area is 143 Å². The third kappa shape index (κ3) is 16.7. The molecule has 0 bridgehead atoms. The molecule has 0 spiro atoms. The highest BCUT2D eigenvalue weighted by Crippen LogP contribution is 2.34. The average Bonchev–Trinajstić information content (AvgIpc) is 2.37. The summed E-state index contributed by atoms with van der Waals surface area (Å²) in [4.78, 5) is 0. The van der Waals surface area contributed by atoms with Crippen molar-refractivity contribution in [1.29, 1.82) is 0 Å². The molecule has 1 N–H and O–H groups in total. The molecule has 1 unspecified atom stereocenters. The molecule has 0 saturated heterocycles. The van der Waals surface area contributed by atoms with Crippen LogP contribution in [-0.2, 0) is 18.3 Å². The van der Waals surface area contributed by atoms with Crippen LogP contribution < -0.4 is 0 Å². The molecule has 0 aliphatic carbocycles. The molecule has 0 saturated carbocycles. The SMILES string of the molecule is CC(C)(C)OC(C)(C)O[PH](=O)OCCCCCCCCCCO. The van der Waals surface area contributed by atoms with Crippen LogP contribution in [0, 0.1) is 0 Å². The summed E-state index contributed by atoms with van der Waals surface area (Å²) < 4.78 is 28.2. The van der Waals surface area contributed by atoms with Gasteiger partial charge < -0.3 is 14.4 Å². The lowest BCUT2D eigenvalue weighted by molar-refractivity contribution is -0.214. The highest BCUT2D eigenvalue weighted by atomic mass is 31.1. The van der Waals surface area contributed by atoms with Gasteiger partial charge in [-0.1, -0.05) is 38.5 Å². The van der Waals surface area contributed by atoms with Crippen molar-refractivity contribution < 1.29 is 23.5 Å². The van der Waals surface area contributed by atoms with Gasteiger partial charge in [0, 0.05) is 6.61 Å². The quantitative estimate of drug-likeness (QED) is 0.268. The molecule has 6 heteroatoms. The lowest BCUT2D eigenvalue weighted by Crippen LogP contribution is -2.35. The van der Waals surface area contributed by atoms with Crippen LogP contribution >= 0.6 is 8.25 Å². The van der Waals surface area contributed by atoms with E-state index in [2.05, 4.69) is 0 Å². The number of rotatable bonds is 14. The largest absolute Gasteiger partial charge is 0.396 e. The minimum atomic E-state index is -2.52. The van der Waals surface area contributed by atoms with E-state index in [4.69, 9.17) is 18.9 Å². The number of hydrogen-bond acceptors (Lipinski definition) is 5. The van der Waals surface area contributed by atoms with Gasteiger partial charge in [-0.25, -0.2) is 0 Å². The summed E-state index contributed by atoms with van der Waals surface area (Å²) in [5.74, 6) is -0.914. The summed E-state index contributed by atoms with van der Waals surface area (Å²) >= 11 is 0. The molecule has 0 heterocycles. The van der Waals surface area contributed by atoms with E-state index in [1.54, 1.807) is 13.8 Å². The first kappa shape index (κ1) is 23.1. The van der Waals surface area contributed by atoms with Crippen LogP contribution in [0.2, 0.25) is 0 Å². The summed E-state index contributed by atoms with van der Waals surface area (Å²) in [5, 5.41) is 8.68. The van der Waals surface area contributed by atoms with Gasteiger partial charge in [-0.3, -0.25) is 9.09 Å². The zero-order valence-electron chi connectivity index (χ0n) is 15.7. The van der Waals surface area contributed by atoms with Crippen molar-refractivity contribution in [3.05, 3.63) is 0 Å². The van der Waals surface area contributed by atoms with Crippen molar-refractivity contribution in [3.63, 3.8) is 0 Å². The standard InChI is InChI=1S/C17H37O5P/c1-16(2,3)21-17(4,5)22-23(19)20-15-13-11-9-7-6-8-10-12-14-18/h18,23H,6-15H2,1-5H3. The normalized spacial score (nSPS) is 14.2. The number of hydrogen-bond donors (Lipinski definition) is 1. The molecular weight excluding hydrogens is 315 g/mol. The van der Waals surface area contributed by atoms with Crippen LogP contribution in [0.4, 0.5) is 0 Å². The van der Waals surface area contributed by atoms with E-state index in [-0.39, 0.29) is 5.60 Å². The van der Waals surface area contributed by atoms with Crippen LogP contribution in [0.15, 0.2) is 0 Å². The lowest BCUT2D eigenvalue weighted by Gasteiger charge is -2.32. The molecule has 23 heavy (non-hydrogen) atoms. The lowest BCUT2D eigenvalue weighted by atomic mass is 10.1. The molecular formula is C17H37O5P. The second kappa shape index (κ2) is 12.4. The number of ether oxygens (including phenoxy) is 1. The van der Waals surface area contributed by atoms with Gasteiger partial charge in [0.05, 0.1) is 12.2 Å². The van der Waals surface area contributed by atoms with Gasteiger partial charge in [0.1, 0.15) is 0 Å². The first-order valence-electron chi connectivity index (χ1n) is 8.83. The van der Waals surface area contributed by atoms with E-state index in [0.29, 0.717) is 13.2 Å². The Morgan fingerprint density at radius 3 is 1.78 bits per heavy atom. The maximum absolute atomic E-state index is 11.8. The van der Waals surface area contributed by atoms with Crippen molar-refractivity contribution in [2.75, 3.05) is 13.2 Å². The van der Waals surface area contributed by atoms with Gasteiger partial charge in [-0.05, 0) is 47.5 Å². The Kier molecular flexibility index (Phi) is 12.5. The van der Waals surface area contributed by atoms with Crippen molar-refractivity contribution in [2.24, 2.45) is 0 Å². The molecule has 5 nitrogen and oxygen atoms in total. The van der Waals surface area contributed by atoms with Crippen molar-refractivity contribution in [1.82, 2.24) is 0 Å². The fourth-order valence-electron chi connectivity index (χ4n) is 2.42. The second-order valence-electron chi connectivity index (χ2n) is 7.37. The fraction of sp³-hybridized carbons (Fsp3) is 1.00. The fourth-order valence-corrected chi connectivity index (χ4v) is 3.23. The summed E-state index contributed by atoms with van der Waals surface area (Å²) in [6.07, 6.45) is 8.81. The first-order valence-corrected chi connectivity index (χ1v) is 10.1. The van der Waals surface area contributed by atoms with Gasteiger partial charge in [0.25, 0.3) is 0 Å². The van der Waals surface area contributed by atoms with Gasteiger partial charge in [0.15, 0.2) is 5.79 Å². The molecule has 0 aliphatic heterocycles. The Hall–Kier alpha value is 0.0700. The molecule has 0 radical (unpaired) electrons. The molecule has 0 fully saturated rings. The van der Waals surface area contributed by atoms with Crippen LogP contribution in [0.5, 0.6) is 0 Å². The Balaban J connectivity index is 3.57. The predicted octanol–water partition coefficient (Wildman–Crippen LogP) is 5.07. The number of unbranched alkanes of at least 4 members (excludes halogenated alkanes) is 7. The molecule has 1 atom stereocenters. The Bertz CT molecular complexity index is 313. The highest BCUT2D eigenvalue weighted by Gasteiger charge is 2.28. The zero-order chi connectivity index (χ0) is 17.8. The molecule has 0 amide bonds. The average molecular weight is 352 g/mol. The molecule has 0 rings (SSSR count). The van der Waals surface area contributed by atoms with Crippen molar-refractivity contribution >= 4 is 8.25 Å². The summed E-state index contributed by atoms with van der Waals surface area (Å²) in [5.41, 5.74) is -0.358. The van der Waals surface area contributed by atoms with E-state index in [0.717, 1.165) is 25.7 Å². The third-order valence-electron chi connectivity index (χ3n) is 3.15. The topological polar surface area (TPSA) is 65.0 Å². The first-order chi connectivity index (χ1) is 10.7. The van der Waals surface area contributed by atoms with Crippen LogP contribution in [0.25, 0.3) is 0 Å². The minimum absolute atomic E-state index is 0.302. The summed E-state index contributed by atoms with van der Waals surface area (Å²) in [7, 11) is -2.52. The zero-order valence-corrected chi connectivity index (χ0v) is 16.7. The van der Waals surface area contributed by atoms with E-state index >= 15 is 0 Å².